The van der Waals surface area contributed by atoms with Gasteiger partial charge in [-0.1, -0.05) is 18.2 Å². The Bertz CT molecular complexity index is 1320. The molecule has 0 saturated carbocycles. The van der Waals surface area contributed by atoms with Crippen LogP contribution in [0.3, 0.4) is 0 Å². The summed E-state index contributed by atoms with van der Waals surface area (Å²) in [5.74, 6) is -1.60. The summed E-state index contributed by atoms with van der Waals surface area (Å²) in [6.07, 6.45) is 2.56. The topological polar surface area (TPSA) is 160 Å². The number of nitrogens with one attached hydrogen (secondary N) is 2. The predicted molar refractivity (Wildman–Crippen MR) is 130 cm³/mol. The number of anilines is 1. The summed E-state index contributed by atoms with van der Waals surface area (Å²) in [7, 11) is -1.98. The molecular formula is C23H29N5O7S. The Balaban J connectivity index is 1.47. The van der Waals surface area contributed by atoms with Gasteiger partial charge in [0.2, 0.25) is 15.8 Å². The molecule has 194 valence electrons. The molecule has 2 aliphatic rings. The van der Waals surface area contributed by atoms with Crippen LogP contribution < -0.4 is 20.5 Å². The Morgan fingerprint density at radius 3 is 2.64 bits per heavy atom. The maximum absolute atomic E-state index is 12.7. The lowest BCUT2D eigenvalue weighted by molar-refractivity contribution is 0.0824. The Labute approximate surface area is 208 Å². The molecule has 2 saturated heterocycles. The number of para-hydroxylation sites is 1. The van der Waals surface area contributed by atoms with E-state index in [4.69, 9.17) is 4.74 Å². The fourth-order valence-corrected chi connectivity index (χ4v) is 6.11. The second-order valence-corrected chi connectivity index (χ2v) is 10.8. The molecule has 1 aromatic heterocycles. The first kappa shape index (κ1) is 25.6. The third kappa shape index (κ3) is 5.36. The van der Waals surface area contributed by atoms with Gasteiger partial charge in [0.05, 0.1) is 11.4 Å². The molecule has 0 aliphatic carbocycles. The lowest BCUT2D eigenvalue weighted by Gasteiger charge is -2.30. The smallest absolute Gasteiger partial charge is 0.322 e. The van der Waals surface area contributed by atoms with Crippen molar-refractivity contribution in [1.29, 1.82) is 0 Å². The van der Waals surface area contributed by atoms with E-state index in [1.165, 1.54) is 15.9 Å². The number of amides is 3. The van der Waals surface area contributed by atoms with Crippen molar-refractivity contribution >= 4 is 27.6 Å². The lowest BCUT2D eigenvalue weighted by atomic mass is 9.99. The van der Waals surface area contributed by atoms with Crippen LogP contribution in [-0.4, -0.2) is 60.5 Å². The van der Waals surface area contributed by atoms with Crippen molar-refractivity contribution in [2.75, 3.05) is 29.8 Å². The van der Waals surface area contributed by atoms with Gasteiger partial charge in [-0.25, -0.2) is 18.2 Å². The molecule has 2 fully saturated rings. The Morgan fingerprint density at radius 2 is 1.92 bits per heavy atom. The summed E-state index contributed by atoms with van der Waals surface area (Å²) >= 11 is 0. The summed E-state index contributed by atoms with van der Waals surface area (Å²) in [6.45, 7) is 1.29. The van der Waals surface area contributed by atoms with Crippen LogP contribution in [0.25, 0.3) is 0 Å². The average Bonchev–Trinajstić information content (AvgIpc) is 2.87. The normalized spacial score (nSPS) is 18.0. The summed E-state index contributed by atoms with van der Waals surface area (Å²) in [4.78, 5) is 41.9. The standard InChI is InChI=1S/C23H29N5O7S/c1-27-20(15-8-11-35-12-9-15)25-18(19(29)22(27)31)21(30)26-23(32)24-14-16-6-2-3-7-17(16)28-10-4-5-13-36(28,33)34/h2-3,6-7,15,29H,4-5,8-14H2,1H3,(H2,24,26,30,32). The minimum atomic E-state index is -3.44. The zero-order valence-electron chi connectivity index (χ0n) is 19.9. The van der Waals surface area contributed by atoms with Crippen molar-refractivity contribution in [2.45, 2.75) is 38.1 Å². The van der Waals surface area contributed by atoms with Crippen molar-refractivity contribution in [3.8, 4) is 5.75 Å². The molecule has 36 heavy (non-hydrogen) atoms. The maximum Gasteiger partial charge on any atom is 0.322 e. The Morgan fingerprint density at radius 1 is 1.19 bits per heavy atom. The number of carbonyl (C=O) groups excluding carboxylic acids is 2. The molecule has 3 heterocycles. The summed E-state index contributed by atoms with van der Waals surface area (Å²) in [5, 5.41) is 14.9. The van der Waals surface area contributed by atoms with Crippen LogP contribution in [0.1, 0.15) is 53.5 Å². The van der Waals surface area contributed by atoms with E-state index in [1.807, 2.05) is 0 Å². The van der Waals surface area contributed by atoms with Gasteiger partial charge >= 0.3 is 6.03 Å². The van der Waals surface area contributed by atoms with Crippen LogP contribution >= 0.6 is 0 Å². The minimum absolute atomic E-state index is 0.0510. The molecule has 3 N–H and O–H groups in total. The molecule has 1 aromatic carbocycles. The molecule has 0 atom stereocenters. The molecule has 0 unspecified atom stereocenters. The zero-order chi connectivity index (χ0) is 25.9. The molecule has 0 radical (unpaired) electrons. The number of hydrogen-bond donors (Lipinski definition) is 3. The maximum atomic E-state index is 12.7. The monoisotopic (exact) mass is 519 g/mol. The van der Waals surface area contributed by atoms with Crippen molar-refractivity contribution < 1.29 is 27.9 Å². The van der Waals surface area contributed by atoms with Gasteiger partial charge in [-0.2, -0.15) is 0 Å². The van der Waals surface area contributed by atoms with Gasteiger partial charge in [0.1, 0.15) is 5.82 Å². The van der Waals surface area contributed by atoms with Crippen molar-refractivity contribution in [1.82, 2.24) is 20.2 Å². The van der Waals surface area contributed by atoms with E-state index in [-0.39, 0.29) is 18.2 Å². The summed E-state index contributed by atoms with van der Waals surface area (Å²) < 4.78 is 32.9. The van der Waals surface area contributed by atoms with Gasteiger partial charge in [-0.15, -0.1) is 0 Å². The highest BCUT2D eigenvalue weighted by atomic mass is 32.2. The molecule has 13 heteroatoms. The first-order chi connectivity index (χ1) is 17.2. The van der Waals surface area contributed by atoms with Crippen molar-refractivity contribution in [3.05, 3.63) is 51.7 Å². The van der Waals surface area contributed by atoms with Crippen LogP contribution in [0, 0.1) is 0 Å². The van der Waals surface area contributed by atoms with Crippen molar-refractivity contribution in [2.24, 2.45) is 7.05 Å². The van der Waals surface area contributed by atoms with Crippen LogP contribution in [0.5, 0.6) is 5.75 Å². The first-order valence-corrected chi connectivity index (χ1v) is 13.3. The number of benzene rings is 1. The Hall–Kier alpha value is -3.45. The first-order valence-electron chi connectivity index (χ1n) is 11.7. The highest BCUT2D eigenvalue weighted by Gasteiger charge is 2.28. The number of carbonyl (C=O) groups is 2. The second-order valence-electron chi connectivity index (χ2n) is 8.78. The molecule has 0 spiro atoms. The quantitative estimate of drug-likeness (QED) is 0.526. The number of hydrogen-bond acceptors (Lipinski definition) is 8. The molecule has 3 amide bonds. The predicted octanol–water partition coefficient (Wildman–Crippen LogP) is 0.950. The number of sulfonamides is 1. The van der Waals surface area contributed by atoms with E-state index >= 15 is 0 Å². The lowest BCUT2D eigenvalue weighted by Crippen LogP contribution is -2.41. The van der Waals surface area contributed by atoms with Crippen molar-refractivity contribution in [3.63, 3.8) is 0 Å². The van der Waals surface area contributed by atoms with E-state index in [0.717, 1.165) is 6.42 Å². The summed E-state index contributed by atoms with van der Waals surface area (Å²) in [6, 6.07) is 5.91. The molecule has 0 bridgehead atoms. The average molecular weight is 520 g/mol. The second kappa shape index (κ2) is 10.7. The number of nitrogens with zero attached hydrogens (tertiary/aromatic N) is 3. The number of imide groups is 1. The van der Waals surface area contributed by atoms with E-state index in [1.54, 1.807) is 24.3 Å². The molecular weight excluding hydrogens is 490 g/mol. The zero-order valence-corrected chi connectivity index (χ0v) is 20.7. The summed E-state index contributed by atoms with van der Waals surface area (Å²) in [5.41, 5.74) is -0.291. The number of rotatable bonds is 5. The third-order valence-electron chi connectivity index (χ3n) is 6.38. The molecule has 2 aliphatic heterocycles. The molecule has 4 rings (SSSR count). The van der Waals surface area contributed by atoms with Gasteiger partial charge in [0, 0.05) is 39.3 Å². The van der Waals surface area contributed by atoms with Crippen LogP contribution in [-0.2, 0) is 28.4 Å². The van der Waals surface area contributed by atoms with Gasteiger partial charge in [0.15, 0.2) is 5.69 Å². The number of ether oxygens (including phenoxy) is 1. The molecule has 2 aromatic rings. The SMILES string of the molecule is Cn1c(C2CCOCC2)nc(C(=O)NC(=O)NCc2ccccc2N2CCCCS2(=O)=O)c(O)c1=O. The highest BCUT2D eigenvalue weighted by Crippen LogP contribution is 2.27. The minimum Gasteiger partial charge on any atom is -0.501 e. The fraction of sp³-hybridized carbons (Fsp3) is 0.478. The van der Waals surface area contributed by atoms with Gasteiger partial charge < -0.3 is 15.2 Å². The van der Waals surface area contributed by atoms with E-state index in [2.05, 4.69) is 15.6 Å². The van der Waals surface area contributed by atoms with Crippen LogP contribution in [0.15, 0.2) is 29.1 Å². The van der Waals surface area contributed by atoms with Gasteiger partial charge in [-0.05, 0) is 37.3 Å². The fourth-order valence-electron chi connectivity index (χ4n) is 4.43. The molecule has 12 nitrogen and oxygen atoms in total. The number of urea groups is 1. The highest BCUT2D eigenvalue weighted by molar-refractivity contribution is 7.92. The third-order valence-corrected chi connectivity index (χ3v) is 8.23. The van der Waals surface area contributed by atoms with Gasteiger partial charge in [0.25, 0.3) is 11.5 Å². The largest absolute Gasteiger partial charge is 0.501 e. The van der Waals surface area contributed by atoms with Crippen LogP contribution in [0.2, 0.25) is 0 Å². The Kier molecular flexibility index (Phi) is 7.59. The van der Waals surface area contributed by atoms with E-state index in [9.17, 15) is 27.9 Å². The van der Waals surface area contributed by atoms with Crippen LogP contribution in [0.4, 0.5) is 10.5 Å². The number of aromatic nitrogens is 2. The van der Waals surface area contributed by atoms with E-state index < -0.39 is 39.0 Å². The van der Waals surface area contributed by atoms with E-state index in [0.29, 0.717) is 56.1 Å². The van der Waals surface area contributed by atoms with Gasteiger partial charge in [-0.3, -0.25) is 23.8 Å². The number of aromatic hydroxyl groups is 1.